The van der Waals surface area contributed by atoms with E-state index in [1.54, 1.807) is 42.4 Å². The molecule has 0 spiro atoms. The van der Waals surface area contributed by atoms with Crippen LogP contribution in [-0.4, -0.2) is 403 Å². The van der Waals surface area contributed by atoms with Crippen LogP contribution in [-0.2, 0) is 37.6 Å². The molecule has 1 aromatic heterocycles. The van der Waals surface area contributed by atoms with Gasteiger partial charge >= 0.3 is 5.69 Å². The second-order valence-electron chi connectivity index (χ2n) is 38.3. The third-order valence-electron chi connectivity index (χ3n) is 22.7. The normalized spacial score (nSPS) is 29.9. The highest BCUT2D eigenvalue weighted by Gasteiger charge is 2.52. The highest BCUT2D eigenvalue weighted by Crippen LogP contribution is 2.46. The third-order valence-corrected chi connectivity index (χ3v) is 34.5. The zero-order chi connectivity index (χ0) is 94.8. The number of aliphatic hydroxyl groups is 10. The average molecular weight is 1870 g/mol. The molecule has 5 saturated heterocycles. The van der Waals surface area contributed by atoms with Crippen LogP contribution < -0.4 is 28.2 Å². The van der Waals surface area contributed by atoms with Gasteiger partial charge in [-0.1, -0.05) is 54.0 Å². The predicted molar refractivity (Wildman–Crippen MR) is 521 cm³/mol. The first-order chi connectivity index (χ1) is 57.4. The van der Waals surface area contributed by atoms with Crippen molar-refractivity contribution in [1.29, 1.82) is 0 Å². The van der Waals surface area contributed by atoms with Crippen LogP contribution in [0.5, 0.6) is 0 Å². The van der Waals surface area contributed by atoms with Gasteiger partial charge in [-0.25, -0.2) is 24.8 Å². The van der Waals surface area contributed by atoms with Gasteiger partial charge in [0.2, 0.25) is 5.91 Å². The van der Waals surface area contributed by atoms with Crippen LogP contribution in [0.2, 0.25) is 18.1 Å². The first-order valence-corrected chi connectivity index (χ1v) is 60.0. The number of hydrogen-bond donors (Lipinski definition) is 14. The molecule has 10 heterocycles. The lowest BCUT2D eigenvalue weighted by atomic mass is 10.1. The lowest BCUT2D eigenvalue weighted by molar-refractivity contribution is -0.117. The van der Waals surface area contributed by atoms with Crippen molar-refractivity contribution in [1.82, 2.24) is 39.4 Å². The van der Waals surface area contributed by atoms with Gasteiger partial charge in [0.15, 0.2) is 39.5 Å². The number of amides is 1. The fourth-order valence-corrected chi connectivity index (χ4v) is 19.6. The van der Waals surface area contributed by atoms with E-state index in [4.69, 9.17) is 50.0 Å². The van der Waals surface area contributed by atoms with Crippen LogP contribution in [0.25, 0.3) is 0 Å². The van der Waals surface area contributed by atoms with Gasteiger partial charge in [-0.05, 0) is 167 Å². The fraction of sp³-hybridized carbons (Fsp3) is 0.647. The smallest absolute Gasteiger partial charge is 0.351 e. The number of nitrogen functional groups attached to an aromatic ring is 1. The van der Waals surface area contributed by atoms with Crippen LogP contribution in [0.3, 0.4) is 0 Å². The number of nitrogens with one attached hydrogen (secondary N) is 1. The predicted octanol–water partition coefficient (Wildman–Crippen LogP) is 4.58. The number of ether oxygens (including phenoxy) is 6. The average Bonchev–Trinajstić information content (AvgIpc) is 1.67. The molecule has 10 rings (SSSR count). The molecule has 9 aliphatic rings. The van der Waals surface area contributed by atoms with Gasteiger partial charge in [0.25, 0.3) is 0 Å². The van der Waals surface area contributed by atoms with Crippen molar-refractivity contribution in [3.63, 3.8) is 0 Å². The highest BCUT2D eigenvalue weighted by atomic mass is 31.2. The first kappa shape index (κ1) is 108. The standard InChI is InChI=1S/C21H40N3O4PSi.C18H30N3O4P.C17H30N3O3P.C15H26N3O4P.C14H24N3O4P/c1-14-23-19(22)15(13-27-30(8,9)21(2,3)4)12-24(14)20-18(26)17(25)16(28-20)10-11-29(5,6)7;1-7-13-10-21(11(2)19-17(13)20-12(3)22)18-16(24)15(23)14(25-18)8-9-26(4,5)6;1-12-18-14(19(2)3)8-10-20(12)17-16(22-4)15(21)13(23-17)9-11-24(5,6)7;1-9-17-14(16)10(8-19)7-18(9)15-13(21)12(20)11(22-15)5-6-23(2,3)4;1-8-7-17(14(20)16-12(8)15)13-11(19)10(18)9(21-13)5-6-22(2,3)4/h12,16-18,20,25-26H,1,5,10-11,13H2,2-4,6-9H3,(H2,22,23);10,14-16,18,23-24H,2,4,7-9H2,1,3,5-6H3,(H,19,20,22);8,10,13,15-17,21H,1,5,9,11H2,2-4,6-7H3;7,11-13,15,19-21H,1-2,5-6,8H2,3-4H3,(H2,16,17);7,9-11,13,18-19H,2,5-6H2,1,3-4H3,(H2,15,16,20)/t16-,17-,18-,20?;14-,15-,16-,18?;13-,15-,16-,17?;11-,12-,13-,15?;9-,10-,11-,13?/m11111/s1. The summed E-state index contributed by atoms with van der Waals surface area (Å²) in [5.74, 6) is 3.32. The van der Waals surface area contributed by atoms with E-state index in [0.717, 1.165) is 48.6 Å². The molecule has 17 N–H and O–H groups in total. The largest absolute Gasteiger partial charge is 0.412 e. The summed E-state index contributed by atoms with van der Waals surface area (Å²) in [6.07, 6.45) is 24.1. The zero-order valence-electron chi connectivity index (χ0n) is 77.6. The van der Waals surface area contributed by atoms with Gasteiger partial charge in [-0.3, -0.25) is 9.36 Å². The highest BCUT2D eigenvalue weighted by molar-refractivity contribution is 7.73. The number of rotatable bonds is 26. The SMILES string of the molecule is C=C1N=C(N(C)C)C=CN1C1O[C@H](CCP(=C)(C)C)[C@@H](O)[C@H]1OC.C=C1N=C(N)C(CO)=CN1C1O[C@H](CCP(=C)(C)C)[C@@H](O)[C@H]1O.C=C1N=C(N)C(CO[Si](C)(C)C(C)(C)C)=CN1C1O[C@H](CCP(=C)(C)C)[C@@H](O)[C@H]1O.C=C1N=C(NC(C)=O)C(CC)=CN1C1O[C@H](CCP(=C)(C)C)[C@@H](O)[C@H]1O.C=P(C)(C)CC[C@H]1OC(n2cc(C)c(N)nc2=O)[C@H](O)[C@@H]1O. The molecule has 9 aliphatic heterocycles. The number of methoxy groups -OCH3 is 1. The molecule has 34 nitrogen and oxygen atoms in total. The van der Waals surface area contributed by atoms with Crippen molar-refractivity contribution >= 4 is 109 Å². The Hall–Kier alpha value is -5.61. The minimum Gasteiger partial charge on any atom is -0.412 e. The van der Waals surface area contributed by atoms with E-state index in [-0.39, 0.29) is 35.3 Å². The zero-order valence-corrected chi connectivity index (χ0v) is 83.1. The van der Waals surface area contributed by atoms with Gasteiger partial charge in [0.05, 0.1) is 43.7 Å². The molecular weight excluding hydrogens is 1720 g/mol. The molecule has 0 radical (unpaired) electrons. The number of anilines is 1. The molecule has 0 bridgehead atoms. The van der Waals surface area contributed by atoms with Gasteiger partial charge in [-0.15, -0.1) is 65.9 Å². The van der Waals surface area contributed by atoms with Crippen LogP contribution in [0, 0.1) is 6.92 Å². The summed E-state index contributed by atoms with van der Waals surface area (Å²) in [4.78, 5) is 52.7. The van der Waals surface area contributed by atoms with Crippen LogP contribution in [0.4, 0.5) is 5.82 Å². The Labute approximate surface area is 742 Å². The summed E-state index contributed by atoms with van der Waals surface area (Å²) in [5, 5.41) is 106. The van der Waals surface area contributed by atoms with E-state index in [2.05, 4.69) is 189 Å². The van der Waals surface area contributed by atoms with Gasteiger partial charge < -0.3 is 131 Å². The number of hydrogen-bond acceptors (Lipinski definition) is 32. The molecule has 0 aliphatic carbocycles. The number of nitrogens with two attached hydrogens (primary N) is 3. The summed E-state index contributed by atoms with van der Waals surface area (Å²) in [6, 6.07) is 0. The van der Waals surface area contributed by atoms with E-state index >= 15 is 0 Å². The number of carbonyl (C=O) groups excluding carboxylic acids is 1. The molecule has 40 heteroatoms. The van der Waals surface area contributed by atoms with Crippen molar-refractivity contribution in [2.24, 2.45) is 31.4 Å². The Kier molecular flexibility index (Phi) is 38.5. The van der Waals surface area contributed by atoms with Crippen molar-refractivity contribution in [2.75, 3.05) is 138 Å². The monoisotopic (exact) mass is 1870 g/mol. The van der Waals surface area contributed by atoms with Crippen LogP contribution in [0.15, 0.2) is 128 Å². The summed E-state index contributed by atoms with van der Waals surface area (Å²) >= 11 is 0. The Morgan fingerprint density at radius 2 is 0.888 bits per heavy atom. The number of amidine groups is 4. The van der Waals surface area contributed by atoms with Crippen molar-refractivity contribution in [3.05, 3.63) is 119 Å². The maximum Gasteiger partial charge on any atom is 0.351 e. The molecule has 1 aromatic rings. The van der Waals surface area contributed by atoms with E-state index in [9.17, 15) is 60.7 Å². The molecule has 1 amide bonds. The van der Waals surface area contributed by atoms with Crippen molar-refractivity contribution in [3.8, 4) is 0 Å². The number of aromatic nitrogens is 2. The second kappa shape index (κ2) is 44.5. The molecule has 0 saturated carbocycles. The number of nitrogens with zero attached hydrogens (tertiary/aromatic N) is 11. The second-order valence-corrected chi connectivity index (χ2v) is 64.7. The Bertz CT molecular complexity index is 4570. The number of aryl methyl sites for hydroxylation is 1. The maximum atomic E-state index is 11.9. The van der Waals surface area contributed by atoms with Gasteiger partial charge in [-0.2, -0.15) is 4.98 Å². The molecule has 125 heavy (non-hydrogen) atoms. The summed E-state index contributed by atoms with van der Waals surface area (Å²) in [7, 11) is 3.48. The Balaban J connectivity index is 0.000000242. The molecule has 708 valence electrons. The minimum atomic E-state index is -1.97. The number of aliphatic imine (C=N–C) groups is 4. The maximum absolute atomic E-state index is 11.9. The van der Waals surface area contributed by atoms with Crippen molar-refractivity contribution in [2.45, 2.75) is 221 Å². The third kappa shape index (κ3) is 30.2. The van der Waals surface area contributed by atoms with E-state index in [1.807, 2.05) is 43.1 Å². The lowest BCUT2D eigenvalue weighted by Crippen LogP contribution is -2.44. The number of likely N-dealkylation sites (N-methyl/N-ethyl adjacent to an activating group) is 1. The van der Waals surface area contributed by atoms with Crippen LogP contribution >= 0.6 is 34.4 Å². The topological polar surface area (TPSA) is 475 Å². The van der Waals surface area contributed by atoms with E-state index in [0.29, 0.717) is 90.4 Å². The Morgan fingerprint density at radius 3 is 1.24 bits per heavy atom. The molecule has 20 atom stereocenters. The molecule has 5 unspecified atom stereocenters. The number of carbonyl (C=O) groups is 1. The van der Waals surface area contributed by atoms with E-state index in [1.165, 1.54) is 22.6 Å². The number of aliphatic hydroxyl groups excluding tert-OH is 10. The minimum absolute atomic E-state index is 0.0735. The molecule has 0 aromatic carbocycles. The fourth-order valence-electron chi connectivity index (χ4n) is 13.9. The van der Waals surface area contributed by atoms with Crippen molar-refractivity contribution < 1.29 is 88.7 Å². The van der Waals surface area contributed by atoms with Gasteiger partial charge in [0, 0.05) is 81.4 Å². The lowest BCUT2D eigenvalue weighted by Gasteiger charge is -2.37. The summed E-state index contributed by atoms with van der Waals surface area (Å²) < 4.78 is 42.7. The van der Waals surface area contributed by atoms with E-state index < -0.39 is 165 Å². The Morgan fingerprint density at radius 1 is 0.544 bits per heavy atom. The van der Waals surface area contributed by atoms with Gasteiger partial charge in [0.1, 0.15) is 113 Å². The molecule has 5 fully saturated rings. The first-order valence-electron chi connectivity index (χ1n) is 41.8. The summed E-state index contributed by atoms with van der Waals surface area (Å²) in [6.45, 7) is 46.9. The molecular formula is C85H150N15O19P5Si. The quantitative estimate of drug-likeness (QED) is 0.0446. The van der Waals surface area contributed by atoms with Crippen LogP contribution in [0.1, 0.15) is 84.9 Å². The summed E-state index contributed by atoms with van der Waals surface area (Å²) in [5.41, 5.74) is 19.4.